The van der Waals surface area contributed by atoms with Gasteiger partial charge < -0.3 is 27.9 Å². The fourth-order valence-corrected chi connectivity index (χ4v) is 6.49. The molecule has 0 rings (SSSR count). The summed E-state index contributed by atoms with van der Waals surface area (Å²) in [4.78, 5) is 37.5. The number of ether oxygens (including phenoxy) is 2. The van der Waals surface area contributed by atoms with E-state index in [1.54, 1.807) is 0 Å². The highest BCUT2D eigenvalue weighted by Crippen LogP contribution is 2.38. The number of quaternary nitrogens is 1. The van der Waals surface area contributed by atoms with Crippen molar-refractivity contribution in [3.05, 3.63) is 60.8 Å². The minimum absolute atomic E-state index is 0.0377. The fraction of sp³-hybridized carbons (Fsp3) is 0.745. The molecule has 10 heteroatoms. The summed E-state index contributed by atoms with van der Waals surface area (Å²) in [5, 5.41) is 0. The molecule has 0 amide bonds. The lowest BCUT2D eigenvalue weighted by atomic mass is 10.1. The fourth-order valence-electron chi connectivity index (χ4n) is 5.76. The summed E-state index contributed by atoms with van der Waals surface area (Å²) in [5.74, 6) is -0.864. The summed E-state index contributed by atoms with van der Waals surface area (Å²) in [5.41, 5.74) is 0. The highest BCUT2D eigenvalue weighted by molar-refractivity contribution is 7.45. The third kappa shape index (κ3) is 43.1. The van der Waals surface area contributed by atoms with Crippen molar-refractivity contribution in [1.29, 1.82) is 0 Å². The van der Waals surface area contributed by atoms with E-state index in [-0.39, 0.29) is 26.1 Å². The Balaban J connectivity index is 4.39. The molecule has 0 aromatic heterocycles. The van der Waals surface area contributed by atoms with Crippen LogP contribution in [0.2, 0.25) is 0 Å². The number of carbonyl (C=O) groups excluding carboxylic acids is 2. The number of nitrogens with zero attached hydrogens (tertiary/aromatic N) is 1. The molecule has 0 spiro atoms. The summed E-state index contributed by atoms with van der Waals surface area (Å²) < 4.78 is 33.9. The Morgan fingerprint density at radius 1 is 0.561 bits per heavy atom. The minimum Gasteiger partial charge on any atom is -0.756 e. The summed E-state index contributed by atoms with van der Waals surface area (Å²) in [6.07, 6.45) is 46.7. The van der Waals surface area contributed by atoms with Crippen LogP contribution in [0.4, 0.5) is 0 Å². The van der Waals surface area contributed by atoms with Gasteiger partial charge in [-0.05, 0) is 77.0 Å². The number of esters is 2. The van der Waals surface area contributed by atoms with Crippen molar-refractivity contribution in [2.45, 2.75) is 180 Å². The van der Waals surface area contributed by atoms with E-state index in [2.05, 4.69) is 74.6 Å². The summed E-state index contributed by atoms with van der Waals surface area (Å²) >= 11 is 0. The van der Waals surface area contributed by atoms with E-state index in [1.165, 1.54) is 38.5 Å². The second-order valence-corrected chi connectivity index (χ2v) is 17.4. The second kappa shape index (κ2) is 39.2. The van der Waals surface area contributed by atoms with E-state index in [4.69, 9.17) is 18.5 Å². The van der Waals surface area contributed by atoms with Crippen molar-refractivity contribution in [3.63, 3.8) is 0 Å². The van der Waals surface area contributed by atoms with Gasteiger partial charge in [-0.3, -0.25) is 14.2 Å². The van der Waals surface area contributed by atoms with Crippen molar-refractivity contribution < 1.29 is 42.1 Å². The van der Waals surface area contributed by atoms with Gasteiger partial charge in [0.05, 0.1) is 27.7 Å². The Labute approximate surface area is 349 Å². The van der Waals surface area contributed by atoms with Gasteiger partial charge >= 0.3 is 11.9 Å². The van der Waals surface area contributed by atoms with Crippen molar-refractivity contribution in [3.8, 4) is 0 Å². The predicted molar refractivity (Wildman–Crippen MR) is 236 cm³/mol. The molecule has 0 aromatic rings. The summed E-state index contributed by atoms with van der Waals surface area (Å²) in [7, 11) is 1.14. The SMILES string of the molecule is CC/C=C\C/C=C\C/C=C\C/C=C\CCCCCCCCC(=O)OC(COC(=O)CCCCCCC/C=C\CCCCCCC)COP(=O)([O-])OCC[N+](C)(C)C. The lowest BCUT2D eigenvalue weighted by molar-refractivity contribution is -0.870. The van der Waals surface area contributed by atoms with Gasteiger partial charge in [-0.25, -0.2) is 0 Å². The van der Waals surface area contributed by atoms with Crippen LogP contribution in [0.15, 0.2) is 60.8 Å². The maximum absolute atomic E-state index is 12.7. The molecule has 330 valence electrons. The van der Waals surface area contributed by atoms with Crippen LogP contribution in [0, 0.1) is 0 Å². The number of hydrogen-bond acceptors (Lipinski definition) is 8. The highest BCUT2D eigenvalue weighted by atomic mass is 31.2. The zero-order valence-electron chi connectivity index (χ0n) is 37.0. The van der Waals surface area contributed by atoms with Gasteiger partial charge in [0.2, 0.25) is 0 Å². The summed E-state index contributed by atoms with van der Waals surface area (Å²) in [6.45, 7) is 4.07. The van der Waals surface area contributed by atoms with Crippen LogP contribution in [0.25, 0.3) is 0 Å². The van der Waals surface area contributed by atoms with Gasteiger partial charge in [-0.1, -0.05) is 145 Å². The number of allylic oxidation sites excluding steroid dienone is 10. The first-order valence-corrected chi connectivity index (χ1v) is 24.0. The van der Waals surface area contributed by atoms with Crippen LogP contribution in [0.3, 0.4) is 0 Å². The maximum Gasteiger partial charge on any atom is 0.306 e. The lowest BCUT2D eigenvalue weighted by Gasteiger charge is -2.28. The van der Waals surface area contributed by atoms with Crippen molar-refractivity contribution in [1.82, 2.24) is 0 Å². The first-order valence-electron chi connectivity index (χ1n) is 22.5. The van der Waals surface area contributed by atoms with E-state index >= 15 is 0 Å². The second-order valence-electron chi connectivity index (χ2n) is 16.0. The molecule has 57 heavy (non-hydrogen) atoms. The molecule has 0 aromatic carbocycles. The van der Waals surface area contributed by atoms with Crippen LogP contribution in [0.1, 0.15) is 174 Å². The van der Waals surface area contributed by atoms with E-state index in [1.807, 2.05) is 21.1 Å². The van der Waals surface area contributed by atoms with E-state index in [9.17, 15) is 19.0 Å². The molecule has 0 saturated heterocycles. The largest absolute Gasteiger partial charge is 0.756 e. The monoisotopic (exact) mass is 822 g/mol. The first-order chi connectivity index (χ1) is 27.5. The van der Waals surface area contributed by atoms with E-state index in [0.29, 0.717) is 23.9 Å². The zero-order chi connectivity index (χ0) is 42.1. The third-order valence-electron chi connectivity index (χ3n) is 9.27. The van der Waals surface area contributed by atoms with Gasteiger partial charge in [-0.15, -0.1) is 0 Å². The molecule has 2 atom stereocenters. The minimum atomic E-state index is -4.63. The molecular formula is C47H84NO8P. The Morgan fingerprint density at radius 2 is 1.00 bits per heavy atom. The molecule has 0 aliphatic heterocycles. The van der Waals surface area contributed by atoms with Crippen molar-refractivity contribution >= 4 is 19.8 Å². The molecule has 0 aliphatic carbocycles. The molecular weight excluding hydrogens is 737 g/mol. The number of phosphoric acid groups is 1. The lowest BCUT2D eigenvalue weighted by Crippen LogP contribution is -2.37. The van der Waals surface area contributed by atoms with E-state index in [0.717, 1.165) is 96.3 Å². The van der Waals surface area contributed by atoms with E-state index < -0.39 is 32.5 Å². The molecule has 0 saturated carbocycles. The molecule has 0 fully saturated rings. The number of hydrogen-bond donors (Lipinski definition) is 0. The molecule has 0 bridgehead atoms. The molecule has 0 aliphatic rings. The van der Waals surface area contributed by atoms with Crippen LogP contribution in [0.5, 0.6) is 0 Å². The number of rotatable bonds is 40. The smallest absolute Gasteiger partial charge is 0.306 e. The normalized spacial score (nSPS) is 14.1. The highest BCUT2D eigenvalue weighted by Gasteiger charge is 2.21. The van der Waals surface area contributed by atoms with Crippen LogP contribution < -0.4 is 4.89 Å². The zero-order valence-corrected chi connectivity index (χ0v) is 37.9. The van der Waals surface area contributed by atoms with Gasteiger partial charge in [0, 0.05) is 12.8 Å². The molecule has 2 unspecified atom stereocenters. The van der Waals surface area contributed by atoms with Crippen LogP contribution in [-0.2, 0) is 32.7 Å². The Hall–Kier alpha value is -2.29. The number of carbonyl (C=O) groups is 2. The average Bonchev–Trinajstić information content (AvgIpc) is 3.16. The number of likely N-dealkylation sites (N-methyl/N-ethyl adjacent to an activating group) is 1. The van der Waals surface area contributed by atoms with Gasteiger partial charge in [0.15, 0.2) is 6.10 Å². The Kier molecular flexibility index (Phi) is 37.6. The third-order valence-corrected chi connectivity index (χ3v) is 10.2. The molecule has 0 heterocycles. The van der Waals surface area contributed by atoms with Gasteiger partial charge in [0.25, 0.3) is 7.82 Å². The number of phosphoric ester groups is 1. The first kappa shape index (κ1) is 54.7. The number of unbranched alkanes of at least 4 members (excludes halogenated alkanes) is 16. The summed E-state index contributed by atoms with van der Waals surface area (Å²) in [6, 6.07) is 0. The van der Waals surface area contributed by atoms with Crippen LogP contribution >= 0.6 is 7.82 Å². The topological polar surface area (TPSA) is 111 Å². The van der Waals surface area contributed by atoms with Crippen molar-refractivity contribution in [2.75, 3.05) is 47.5 Å². The van der Waals surface area contributed by atoms with Crippen molar-refractivity contribution in [2.24, 2.45) is 0 Å². The Morgan fingerprint density at radius 3 is 1.51 bits per heavy atom. The molecule has 0 radical (unpaired) electrons. The quantitative estimate of drug-likeness (QED) is 0.0197. The predicted octanol–water partition coefficient (Wildman–Crippen LogP) is 12.2. The molecule has 0 N–H and O–H groups in total. The van der Waals surface area contributed by atoms with Crippen LogP contribution in [-0.4, -0.2) is 70.0 Å². The average molecular weight is 822 g/mol. The standard InChI is InChI=1S/C47H84NO8P/c1-6-8-10-12-14-16-18-20-22-23-24-25-26-28-30-32-34-36-38-40-47(50)56-45(44-55-57(51,52)54-42-41-48(3,4)5)43-53-46(49)39-37-35-33-31-29-27-21-19-17-15-13-11-9-7-2/h8,10,14,16,19-22,24-25,45H,6-7,9,11-13,15,17-18,23,26-44H2,1-5H3/b10-8-,16-14-,21-19-,22-20-,25-24-. The van der Waals surface area contributed by atoms with Gasteiger partial charge in [-0.2, -0.15) is 0 Å². The molecule has 9 nitrogen and oxygen atoms in total. The maximum atomic E-state index is 12.7. The van der Waals surface area contributed by atoms with Gasteiger partial charge in [0.1, 0.15) is 19.8 Å². The Bertz CT molecular complexity index is 1160.